The Kier molecular flexibility index (Phi) is 4.46. The molecule has 0 aliphatic carbocycles. The number of hydrogen-bond donors (Lipinski definition) is 1. The molecule has 1 unspecified atom stereocenters. The van der Waals surface area contributed by atoms with Gasteiger partial charge in [-0.05, 0) is 48.7 Å². The third-order valence-electron chi connectivity index (χ3n) is 3.17. The molecular formula is C16H18ClNO. The maximum absolute atomic E-state index is 6.34. The summed E-state index contributed by atoms with van der Waals surface area (Å²) in [7, 11) is 0. The van der Waals surface area contributed by atoms with Gasteiger partial charge in [-0.25, -0.2) is 0 Å². The van der Waals surface area contributed by atoms with E-state index in [9.17, 15) is 0 Å². The van der Waals surface area contributed by atoms with Gasteiger partial charge in [0.25, 0.3) is 0 Å². The number of rotatable bonds is 4. The molecule has 2 rings (SSSR count). The summed E-state index contributed by atoms with van der Waals surface area (Å²) in [5, 5.41) is 0.744. The number of benzene rings is 2. The number of hydrogen-bond acceptors (Lipinski definition) is 2. The third kappa shape index (κ3) is 3.09. The molecule has 0 amide bonds. The molecule has 0 saturated carbocycles. The Morgan fingerprint density at radius 1 is 1.21 bits per heavy atom. The first-order valence-corrected chi connectivity index (χ1v) is 6.74. The highest BCUT2D eigenvalue weighted by molar-refractivity contribution is 6.31. The zero-order valence-corrected chi connectivity index (χ0v) is 11.9. The predicted octanol–water partition coefficient (Wildman–Crippen LogP) is 4.10. The Hall–Kier alpha value is -1.51. The van der Waals surface area contributed by atoms with Crippen molar-refractivity contribution >= 4 is 11.6 Å². The molecule has 2 aromatic rings. The second-order valence-corrected chi connectivity index (χ2v) is 4.84. The highest BCUT2D eigenvalue weighted by Crippen LogP contribution is 2.28. The molecule has 0 aromatic heterocycles. The highest BCUT2D eigenvalue weighted by Gasteiger charge is 2.13. The molecule has 1 atom stereocenters. The summed E-state index contributed by atoms with van der Waals surface area (Å²) in [4.78, 5) is 0. The normalized spacial score (nSPS) is 12.2. The van der Waals surface area contributed by atoms with Crippen LogP contribution >= 0.6 is 11.6 Å². The van der Waals surface area contributed by atoms with Gasteiger partial charge >= 0.3 is 0 Å². The Labute approximate surface area is 119 Å². The molecule has 2 aromatic carbocycles. The molecule has 0 radical (unpaired) electrons. The van der Waals surface area contributed by atoms with Gasteiger partial charge in [-0.3, -0.25) is 0 Å². The summed E-state index contributed by atoms with van der Waals surface area (Å²) in [6.45, 7) is 4.60. The fourth-order valence-corrected chi connectivity index (χ4v) is 2.29. The lowest BCUT2D eigenvalue weighted by Gasteiger charge is -2.17. The average molecular weight is 276 g/mol. The molecule has 2 nitrogen and oxygen atoms in total. The van der Waals surface area contributed by atoms with Crippen molar-refractivity contribution in [3.8, 4) is 5.75 Å². The SMILES string of the molecule is CCOc1cccc(C(N)c2cccc(Cl)c2C)c1. The second-order valence-electron chi connectivity index (χ2n) is 4.44. The van der Waals surface area contributed by atoms with Gasteiger partial charge in [-0.1, -0.05) is 35.9 Å². The van der Waals surface area contributed by atoms with Gasteiger partial charge in [0, 0.05) is 5.02 Å². The largest absolute Gasteiger partial charge is 0.494 e. The molecule has 0 aliphatic heterocycles. The Morgan fingerprint density at radius 2 is 1.95 bits per heavy atom. The fraction of sp³-hybridized carbons (Fsp3) is 0.250. The lowest BCUT2D eigenvalue weighted by atomic mass is 9.96. The topological polar surface area (TPSA) is 35.2 Å². The minimum atomic E-state index is -0.195. The molecule has 0 heterocycles. The van der Waals surface area contributed by atoms with Crippen LogP contribution in [0.1, 0.15) is 29.7 Å². The molecule has 2 N–H and O–H groups in total. The van der Waals surface area contributed by atoms with E-state index in [4.69, 9.17) is 22.1 Å². The first kappa shape index (κ1) is 13.9. The number of ether oxygens (including phenoxy) is 1. The van der Waals surface area contributed by atoms with Crippen LogP contribution in [0.15, 0.2) is 42.5 Å². The third-order valence-corrected chi connectivity index (χ3v) is 3.58. The van der Waals surface area contributed by atoms with Crippen LogP contribution in [0, 0.1) is 6.92 Å². The van der Waals surface area contributed by atoms with Crippen molar-refractivity contribution in [2.24, 2.45) is 5.73 Å². The van der Waals surface area contributed by atoms with Gasteiger partial charge in [0.2, 0.25) is 0 Å². The van der Waals surface area contributed by atoms with Gasteiger partial charge in [0.05, 0.1) is 12.6 Å². The molecule has 0 saturated heterocycles. The van der Waals surface area contributed by atoms with E-state index in [-0.39, 0.29) is 6.04 Å². The van der Waals surface area contributed by atoms with Crippen molar-refractivity contribution in [2.45, 2.75) is 19.9 Å². The maximum Gasteiger partial charge on any atom is 0.119 e. The molecule has 19 heavy (non-hydrogen) atoms. The van der Waals surface area contributed by atoms with E-state index in [1.807, 2.05) is 56.3 Å². The van der Waals surface area contributed by atoms with E-state index in [0.29, 0.717) is 6.61 Å². The van der Waals surface area contributed by atoms with Crippen LogP contribution in [0.5, 0.6) is 5.75 Å². The molecule has 0 bridgehead atoms. The van der Waals surface area contributed by atoms with Crippen molar-refractivity contribution in [3.05, 3.63) is 64.2 Å². The predicted molar refractivity (Wildman–Crippen MR) is 79.8 cm³/mol. The van der Waals surface area contributed by atoms with Gasteiger partial charge in [-0.2, -0.15) is 0 Å². The number of halogens is 1. The molecule has 0 aliphatic rings. The fourth-order valence-electron chi connectivity index (χ4n) is 2.11. The quantitative estimate of drug-likeness (QED) is 0.912. The van der Waals surface area contributed by atoms with Crippen LogP contribution in [0.4, 0.5) is 0 Å². The first-order valence-electron chi connectivity index (χ1n) is 6.36. The van der Waals surface area contributed by atoms with Crippen molar-refractivity contribution in [1.82, 2.24) is 0 Å². The van der Waals surface area contributed by atoms with Crippen molar-refractivity contribution in [3.63, 3.8) is 0 Å². The van der Waals surface area contributed by atoms with Crippen LogP contribution in [0.2, 0.25) is 5.02 Å². The Balaban J connectivity index is 2.35. The summed E-state index contributed by atoms with van der Waals surface area (Å²) < 4.78 is 5.50. The lowest BCUT2D eigenvalue weighted by Crippen LogP contribution is -2.13. The minimum absolute atomic E-state index is 0.195. The van der Waals surface area contributed by atoms with Crippen LogP contribution in [0.25, 0.3) is 0 Å². The average Bonchev–Trinajstić information content (AvgIpc) is 2.42. The highest BCUT2D eigenvalue weighted by atomic mass is 35.5. The van der Waals surface area contributed by atoms with E-state index in [1.165, 1.54) is 0 Å². The van der Waals surface area contributed by atoms with Crippen LogP contribution in [-0.4, -0.2) is 6.61 Å². The van der Waals surface area contributed by atoms with Gasteiger partial charge < -0.3 is 10.5 Å². The van der Waals surface area contributed by atoms with E-state index in [1.54, 1.807) is 0 Å². The minimum Gasteiger partial charge on any atom is -0.494 e. The van der Waals surface area contributed by atoms with Crippen molar-refractivity contribution < 1.29 is 4.74 Å². The summed E-state index contributed by atoms with van der Waals surface area (Å²) in [5.41, 5.74) is 9.43. The monoisotopic (exact) mass is 275 g/mol. The van der Waals surface area contributed by atoms with Gasteiger partial charge in [0.1, 0.15) is 5.75 Å². The van der Waals surface area contributed by atoms with Crippen LogP contribution in [0.3, 0.4) is 0 Å². The van der Waals surface area contributed by atoms with E-state index in [0.717, 1.165) is 27.5 Å². The van der Waals surface area contributed by atoms with E-state index < -0.39 is 0 Å². The van der Waals surface area contributed by atoms with Gasteiger partial charge in [0.15, 0.2) is 0 Å². The van der Waals surface area contributed by atoms with Crippen molar-refractivity contribution in [1.29, 1.82) is 0 Å². The summed E-state index contributed by atoms with van der Waals surface area (Å²) in [6, 6.07) is 13.5. The molecule has 0 spiro atoms. The standard InChI is InChI=1S/C16H18ClNO/c1-3-19-13-7-4-6-12(10-13)16(18)14-8-5-9-15(17)11(14)2/h4-10,16H,3,18H2,1-2H3. The molecule has 0 fully saturated rings. The Bertz CT molecular complexity index is 568. The molecular weight excluding hydrogens is 258 g/mol. The zero-order valence-electron chi connectivity index (χ0n) is 11.2. The van der Waals surface area contributed by atoms with E-state index >= 15 is 0 Å². The summed E-state index contributed by atoms with van der Waals surface area (Å²) >= 11 is 6.15. The smallest absolute Gasteiger partial charge is 0.119 e. The maximum atomic E-state index is 6.34. The zero-order chi connectivity index (χ0) is 13.8. The van der Waals surface area contributed by atoms with Crippen LogP contribution < -0.4 is 10.5 Å². The van der Waals surface area contributed by atoms with Crippen LogP contribution in [-0.2, 0) is 0 Å². The molecule has 3 heteroatoms. The first-order chi connectivity index (χ1) is 9.13. The summed E-state index contributed by atoms with van der Waals surface area (Å²) in [5.74, 6) is 0.843. The Morgan fingerprint density at radius 3 is 2.68 bits per heavy atom. The van der Waals surface area contributed by atoms with E-state index in [2.05, 4.69) is 0 Å². The second kappa shape index (κ2) is 6.09. The van der Waals surface area contributed by atoms with Gasteiger partial charge in [-0.15, -0.1) is 0 Å². The molecule has 100 valence electrons. The number of nitrogens with two attached hydrogens (primary N) is 1. The van der Waals surface area contributed by atoms with Crippen molar-refractivity contribution in [2.75, 3.05) is 6.61 Å². The summed E-state index contributed by atoms with van der Waals surface area (Å²) in [6.07, 6.45) is 0. The lowest BCUT2D eigenvalue weighted by molar-refractivity contribution is 0.340.